The van der Waals surface area contributed by atoms with Crippen LogP contribution in [-0.4, -0.2) is 33.5 Å². The fourth-order valence-electron chi connectivity index (χ4n) is 2.51. The number of hydrogen-bond acceptors (Lipinski definition) is 7. The smallest absolute Gasteiger partial charge is 0.356 e. The summed E-state index contributed by atoms with van der Waals surface area (Å²) in [5.41, 5.74) is -0.891. The molecule has 2 atom stereocenters. The van der Waals surface area contributed by atoms with Crippen LogP contribution in [0.25, 0.3) is 11.0 Å². The molecular formula is C16H15FN2O6S2. The van der Waals surface area contributed by atoms with Crippen molar-refractivity contribution in [1.29, 1.82) is 0 Å². The van der Waals surface area contributed by atoms with Gasteiger partial charge in [0.05, 0.1) is 21.8 Å². The second-order valence-electron chi connectivity index (χ2n) is 6.13. The lowest BCUT2D eigenvalue weighted by atomic mass is 10.1. The van der Waals surface area contributed by atoms with E-state index in [1.54, 1.807) is 0 Å². The fourth-order valence-corrected chi connectivity index (χ4v) is 6.01. The van der Waals surface area contributed by atoms with Crippen LogP contribution in [0.15, 0.2) is 38.8 Å². The second-order valence-corrected chi connectivity index (χ2v) is 10.2. The van der Waals surface area contributed by atoms with Crippen molar-refractivity contribution in [3.05, 3.63) is 46.1 Å². The number of rotatable bonds is 2. The van der Waals surface area contributed by atoms with Crippen molar-refractivity contribution in [3.8, 4) is 0 Å². The van der Waals surface area contributed by atoms with Gasteiger partial charge in [0.2, 0.25) is 21.2 Å². The van der Waals surface area contributed by atoms with E-state index in [2.05, 4.69) is 5.10 Å². The van der Waals surface area contributed by atoms with Gasteiger partial charge >= 0.3 is 4.38 Å². The van der Waals surface area contributed by atoms with Gasteiger partial charge in [-0.1, -0.05) is 0 Å². The van der Waals surface area contributed by atoms with E-state index in [4.69, 9.17) is 4.42 Å². The van der Waals surface area contributed by atoms with Crippen molar-refractivity contribution in [2.75, 3.05) is 0 Å². The number of nitrogens with zero attached hydrogens (tertiary/aromatic N) is 2. The van der Waals surface area contributed by atoms with Crippen molar-refractivity contribution in [3.63, 3.8) is 0 Å². The van der Waals surface area contributed by atoms with Crippen LogP contribution in [0.5, 0.6) is 0 Å². The standard InChI is InChI=1S/C16H15FN2O6S2/c1-8(2)27(23,24)16-18-19(9(3)20)15(26(16)22)12-7-25-13-6-10(17)4-5-11(13)14(12)21/h4-8,15H,1-3H3. The molecule has 1 aromatic carbocycles. The molecule has 2 heterocycles. The first kappa shape index (κ1) is 19.5. The van der Waals surface area contributed by atoms with Gasteiger partial charge in [0.1, 0.15) is 23.2 Å². The van der Waals surface area contributed by atoms with Crippen LogP contribution in [0, 0.1) is 5.82 Å². The molecule has 8 nitrogen and oxygen atoms in total. The van der Waals surface area contributed by atoms with Crippen molar-refractivity contribution in [2.24, 2.45) is 5.10 Å². The molecule has 1 amide bonds. The molecule has 1 aromatic heterocycles. The Morgan fingerprint density at radius 3 is 2.67 bits per heavy atom. The maximum absolute atomic E-state index is 13.3. The van der Waals surface area contributed by atoms with E-state index in [-0.39, 0.29) is 16.5 Å². The predicted molar refractivity (Wildman–Crippen MR) is 97.3 cm³/mol. The first-order chi connectivity index (χ1) is 12.6. The fraction of sp³-hybridized carbons (Fsp3) is 0.312. The highest BCUT2D eigenvalue weighted by atomic mass is 32.3. The summed E-state index contributed by atoms with van der Waals surface area (Å²) in [5.74, 6) is -1.30. The van der Waals surface area contributed by atoms with Crippen LogP contribution in [0.1, 0.15) is 31.7 Å². The Hall–Kier alpha value is -2.24. The molecule has 1 aliphatic heterocycles. The number of hydrazone groups is 1. The summed E-state index contributed by atoms with van der Waals surface area (Å²) >= 11 is -2.31. The Bertz CT molecular complexity index is 1130. The number of halogens is 1. The van der Waals surface area contributed by atoms with E-state index < -0.39 is 53.2 Å². The monoisotopic (exact) mass is 414 g/mol. The minimum atomic E-state index is -4.02. The van der Waals surface area contributed by atoms with Gasteiger partial charge in [0.25, 0.3) is 5.37 Å². The molecule has 0 saturated carbocycles. The number of carbonyl (C=O) groups excluding carboxylic acids is 1. The lowest BCUT2D eigenvalue weighted by Crippen LogP contribution is -2.34. The maximum atomic E-state index is 13.3. The van der Waals surface area contributed by atoms with Crippen molar-refractivity contribution < 1.29 is 26.6 Å². The topological polar surface area (TPSA) is 120 Å². The summed E-state index contributed by atoms with van der Waals surface area (Å²) in [5, 5.41) is 2.08. The van der Waals surface area contributed by atoms with E-state index >= 15 is 0 Å². The minimum absolute atomic E-state index is 0.00886. The third-order valence-electron chi connectivity index (χ3n) is 4.00. The third kappa shape index (κ3) is 3.15. The normalized spacial score (nSPS) is 20.4. The summed E-state index contributed by atoms with van der Waals surface area (Å²) in [7, 11) is -4.02. The van der Waals surface area contributed by atoms with E-state index in [9.17, 15) is 27.0 Å². The Morgan fingerprint density at radius 2 is 2.07 bits per heavy atom. The van der Waals surface area contributed by atoms with Crippen LogP contribution in [0.2, 0.25) is 0 Å². The summed E-state index contributed by atoms with van der Waals surface area (Å²) in [6, 6.07) is 3.27. The van der Waals surface area contributed by atoms with Gasteiger partial charge in [-0.2, -0.15) is 5.01 Å². The maximum Gasteiger partial charge on any atom is 0.356 e. The van der Waals surface area contributed by atoms with Crippen LogP contribution in [0.4, 0.5) is 4.39 Å². The van der Waals surface area contributed by atoms with Gasteiger partial charge in [-0.15, -0.1) is 5.10 Å². The molecule has 2 aromatic rings. The molecule has 1 aliphatic rings. The molecule has 11 heteroatoms. The number of sulfone groups is 1. The summed E-state index contributed by atoms with van der Waals surface area (Å²) < 4.78 is 55.6. The van der Waals surface area contributed by atoms with Gasteiger partial charge in [0.15, 0.2) is 0 Å². The van der Waals surface area contributed by atoms with Crippen LogP contribution in [-0.2, 0) is 25.8 Å². The van der Waals surface area contributed by atoms with Gasteiger partial charge in [-0.25, -0.2) is 12.8 Å². The Balaban J connectivity index is 2.18. The lowest BCUT2D eigenvalue weighted by molar-refractivity contribution is -0.129. The molecule has 2 unspecified atom stereocenters. The molecule has 0 radical (unpaired) electrons. The molecule has 3 rings (SSSR count). The number of hydrogen-bond donors (Lipinski definition) is 0. The highest BCUT2D eigenvalue weighted by Gasteiger charge is 2.51. The Labute approximate surface area is 156 Å². The minimum Gasteiger partial charge on any atom is -0.608 e. The first-order valence-electron chi connectivity index (χ1n) is 7.79. The summed E-state index contributed by atoms with van der Waals surface area (Å²) in [6.45, 7) is 3.88. The third-order valence-corrected chi connectivity index (χ3v) is 8.29. The van der Waals surface area contributed by atoms with E-state index in [1.165, 1.54) is 19.9 Å². The molecule has 0 bridgehead atoms. The number of amides is 1. The molecule has 0 spiro atoms. The van der Waals surface area contributed by atoms with Crippen LogP contribution < -0.4 is 5.43 Å². The average Bonchev–Trinajstić information content (AvgIpc) is 2.93. The molecule has 0 saturated heterocycles. The van der Waals surface area contributed by atoms with E-state index in [1.807, 2.05) is 0 Å². The van der Waals surface area contributed by atoms with Gasteiger partial charge < -0.3 is 8.97 Å². The molecule has 0 N–H and O–H groups in total. The van der Waals surface area contributed by atoms with E-state index in [0.29, 0.717) is 5.01 Å². The lowest BCUT2D eigenvalue weighted by Gasteiger charge is -2.19. The van der Waals surface area contributed by atoms with E-state index in [0.717, 1.165) is 25.3 Å². The highest BCUT2D eigenvalue weighted by molar-refractivity contribution is 8.31. The van der Waals surface area contributed by atoms with Gasteiger partial charge in [-0.3, -0.25) is 9.59 Å². The van der Waals surface area contributed by atoms with Gasteiger partial charge in [0, 0.05) is 13.0 Å². The highest BCUT2D eigenvalue weighted by Crippen LogP contribution is 2.35. The molecule has 144 valence electrons. The molecule has 0 aliphatic carbocycles. The van der Waals surface area contributed by atoms with Crippen LogP contribution in [0.3, 0.4) is 0 Å². The average molecular weight is 414 g/mol. The molecule has 27 heavy (non-hydrogen) atoms. The largest absolute Gasteiger partial charge is 0.608 e. The number of benzene rings is 1. The summed E-state index contributed by atoms with van der Waals surface area (Å²) in [6.07, 6.45) is 0.947. The zero-order valence-corrected chi connectivity index (χ0v) is 16.1. The SMILES string of the molecule is CC(=O)N1N=C(S(=O)(=O)C(C)C)[S+]([O-])C1c1coc2cc(F)ccc2c1=O. The Morgan fingerprint density at radius 1 is 1.41 bits per heavy atom. The molecular weight excluding hydrogens is 399 g/mol. The van der Waals surface area contributed by atoms with Crippen LogP contribution >= 0.6 is 0 Å². The Kier molecular flexibility index (Phi) is 4.87. The van der Waals surface area contributed by atoms with Crippen molar-refractivity contribution in [1.82, 2.24) is 5.01 Å². The van der Waals surface area contributed by atoms with Crippen molar-refractivity contribution in [2.45, 2.75) is 31.4 Å². The molecule has 0 fully saturated rings. The number of fused-ring (bicyclic) bond motifs is 1. The first-order valence-corrected chi connectivity index (χ1v) is 10.6. The predicted octanol–water partition coefficient (Wildman–Crippen LogP) is 1.64. The number of carbonyl (C=O) groups is 1. The van der Waals surface area contributed by atoms with Crippen molar-refractivity contribution >= 4 is 42.3 Å². The zero-order valence-electron chi connectivity index (χ0n) is 14.5. The van der Waals surface area contributed by atoms with Gasteiger partial charge in [-0.05, 0) is 26.0 Å². The second kappa shape index (κ2) is 6.73. The summed E-state index contributed by atoms with van der Waals surface area (Å²) in [4.78, 5) is 24.7. The quantitative estimate of drug-likeness (QED) is 0.689. The zero-order chi connectivity index (χ0) is 20.1.